The molecule has 8 nitrogen and oxygen atoms in total. The molecule has 23 heavy (non-hydrogen) atoms. The van der Waals surface area contributed by atoms with Crippen molar-refractivity contribution in [3.05, 3.63) is 23.7 Å². The molecule has 0 aliphatic carbocycles. The van der Waals surface area contributed by atoms with Crippen molar-refractivity contribution in [3.8, 4) is 0 Å². The number of halogens is 1. The fourth-order valence-corrected chi connectivity index (χ4v) is 2.96. The molecule has 1 amide bonds. The monoisotopic (exact) mass is 357 g/mol. The van der Waals surface area contributed by atoms with E-state index < -0.39 is 0 Å². The lowest BCUT2D eigenvalue weighted by Gasteiger charge is -2.13. The van der Waals surface area contributed by atoms with Crippen LogP contribution in [0.15, 0.2) is 17.3 Å². The van der Waals surface area contributed by atoms with Crippen LogP contribution in [0, 0.1) is 0 Å². The number of hydrogen-bond donors (Lipinski definition) is 3. The second-order valence-corrected chi connectivity index (χ2v) is 6.15. The Morgan fingerprint density at radius 2 is 2.39 bits per heavy atom. The third-order valence-corrected chi connectivity index (χ3v) is 4.30. The summed E-state index contributed by atoms with van der Waals surface area (Å²) >= 11 is 1.56. The fraction of sp³-hybridized carbons (Fsp3) is 0.538. The van der Waals surface area contributed by atoms with Crippen LogP contribution in [0.5, 0.6) is 0 Å². The van der Waals surface area contributed by atoms with Crippen LogP contribution in [0.3, 0.4) is 0 Å². The van der Waals surface area contributed by atoms with Crippen LogP contribution in [-0.4, -0.2) is 49.9 Å². The number of aryl methyl sites for hydroxylation is 1. The molecule has 10 heteroatoms. The summed E-state index contributed by atoms with van der Waals surface area (Å²) in [7, 11) is 0. The summed E-state index contributed by atoms with van der Waals surface area (Å²) in [6.07, 6.45) is 2.82. The largest absolute Gasteiger partial charge is 0.355 e. The zero-order valence-corrected chi connectivity index (χ0v) is 14.3. The van der Waals surface area contributed by atoms with Gasteiger partial charge in [0.25, 0.3) is 0 Å². The van der Waals surface area contributed by atoms with Gasteiger partial charge in [-0.25, -0.2) is 0 Å². The highest BCUT2D eigenvalue weighted by Gasteiger charge is 2.12. The van der Waals surface area contributed by atoms with Crippen molar-refractivity contribution in [2.45, 2.75) is 31.0 Å². The smallest absolute Gasteiger partial charge is 0.220 e. The first-order chi connectivity index (χ1) is 10.8. The van der Waals surface area contributed by atoms with Crippen molar-refractivity contribution in [2.75, 3.05) is 18.8 Å². The highest BCUT2D eigenvalue weighted by molar-refractivity contribution is 7.99. The molecule has 0 spiro atoms. The Bertz CT molecular complexity index is 592. The van der Waals surface area contributed by atoms with Gasteiger partial charge in [-0.1, -0.05) is 0 Å². The third kappa shape index (κ3) is 5.22. The predicted molar refractivity (Wildman–Crippen MR) is 89.6 cm³/mol. The summed E-state index contributed by atoms with van der Waals surface area (Å²) in [5, 5.41) is 21.8. The lowest BCUT2D eigenvalue weighted by atomic mass is 10.2. The number of aromatic amines is 1. The average molecular weight is 358 g/mol. The van der Waals surface area contributed by atoms with E-state index in [4.69, 9.17) is 0 Å². The van der Waals surface area contributed by atoms with Crippen LogP contribution in [0.2, 0.25) is 0 Å². The number of fused-ring (bicyclic) bond motifs is 1. The molecule has 3 heterocycles. The molecule has 3 N–H and O–H groups in total. The molecule has 1 aliphatic rings. The van der Waals surface area contributed by atoms with Gasteiger partial charge >= 0.3 is 0 Å². The Hall–Kier alpha value is -1.58. The van der Waals surface area contributed by atoms with Gasteiger partial charge in [-0.3, -0.25) is 9.48 Å². The molecule has 2 aromatic rings. The lowest BCUT2D eigenvalue weighted by molar-refractivity contribution is -0.120. The maximum atomic E-state index is 11.8. The number of carbonyl (C=O) groups excluding carboxylic acids is 1. The first-order valence-corrected chi connectivity index (χ1v) is 8.31. The van der Waals surface area contributed by atoms with E-state index in [9.17, 15) is 4.79 Å². The van der Waals surface area contributed by atoms with Crippen molar-refractivity contribution in [1.82, 2.24) is 35.8 Å². The second-order valence-electron chi connectivity index (χ2n) is 5.03. The fourth-order valence-electron chi connectivity index (χ4n) is 2.31. The van der Waals surface area contributed by atoms with Crippen LogP contribution in [0.1, 0.15) is 17.8 Å². The number of aromatic nitrogens is 5. The molecule has 0 saturated carbocycles. The molecule has 0 bridgehead atoms. The molecule has 1 aliphatic heterocycles. The van der Waals surface area contributed by atoms with Gasteiger partial charge < -0.3 is 10.6 Å². The molecule has 0 saturated heterocycles. The Morgan fingerprint density at radius 3 is 3.17 bits per heavy atom. The van der Waals surface area contributed by atoms with Crippen molar-refractivity contribution in [2.24, 2.45) is 0 Å². The summed E-state index contributed by atoms with van der Waals surface area (Å²) in [5.41, 5.74) is 2.19. The summed E-state index contributed by atoms with van der Waals surface area (Å²) in [5.74, 6) is 0.841. The van der Waals surface area contributed by atoms with Crippen molar-refractivity contribution in [1.29, 1.82) is 0 Å². The number of carbonyl (C=O) groups is 1. The molecule has 0 aromatic carbocycles. The first-order valence-electron chi connectivity index (χ1n) is 7.33. The number of nitrogens with one attached hydrogen (secondary N) is 3. The maximum absolute atomic E-state index is 11.8. The summed E-state index contributed by atoms with van der Waals surface area (Å²) in [6.45, 7) is 3.34. The molecule has 126 valence electrons. The lowest BCUT2D eigenvalue weighted by Crippen LogP contribution is -2.28. The Morgan fingerprint density at radius 1 is 1.48 bits per heavy atom. The molecule has 0 unspecified atom stereocenters. The van der Waals surface area contributed by atoms with Crippen molar-refractivity contribution >= 4 is 30.1 Å². The van der Waals surface area contributed by atoms with E-state index in [-0.39, 0.29) is 18.3 Å². The van der Waals surface area contributed by atoms with Gasteiger partial charge in [0.15, 0.2) is 0 Å². The van der Waals surface area contributed by atoms with Gasteiger partial charge in [0.2, 0.25) is 5.91 Å². The van der Waals surface area contributed by atoms with Gasteiger partial charge in [-0.05, 0) is 6.07 Å². The predicted octanol–water partition coefficient (Wildman–Crippen LogP) is 0.367. The van der Waals surface area contributed by atoms with E-state index in [0.29, 0.717) is 19.4 Å². The number of rotatable bonds is 7. The quantitative estimate of drug-likeness (QED) is 0.489. The first kappa shape index (κ1) is 17.8. The van der Waals surface area contributed by atoms with Gasteiger partial charge in [0, 0.05) is 38.2 Å². The van der Waals surface area contributed by atoms with Gasteiger partial charge in [-0.2, -0.15) is 15.4 Å². The van der Waals surface area contributed by atoms with Crippen LogP contribution in [0.4, 0.5) is 0 Å². The van der Waals surface area contributed by atoms with Gasteiger partial charge in [0.05, 0.1) is 24.1 Å². The van der Waals surface area contributed by atoms with Crippen LogP contribution in [-0.2, 0) is 24.3 Å². The molecular formula is C13H20ClN7OS. The zero-order chi connectivity index (χ0) is 15.2. The number of nitrogens with zero attached hydrogens (tertiary/aromatic N) is 4. The molecule has 2 aromatic heterocycles. The topological polar surface area (TPSA) is 101 Å². The van der Waals surface area contributed by atoms with Crippen LogP contribution < -0.4 is 10.6 Å². The van der Waals surface area contributed by atoms with Gasteiger partial charge in [0.1, 0.15) is 5.03 Å². The summed E-state index contributed by atoms with van der Waals surface area (Å²) in [6, 6.07) is 2.08. The standard InChI is InChI=1S/C13H19N7OS.ClH/c21-12(15-4-6-22-13-9-16-19-17-13)2-1-10-7-11-8-14-3-5-20(11)18-10;/h7,9,14H,1-6,8H2,(H,15,21)(H,16,17,19);1H. The number of amides is 1. The van der Waals surface area contributed by atoms with Crippen molar-refractivity contribution < 1.29 is 4.79 Å². The number of thioether (sulfide) groups is 1. The van der Waals surface area contributed by atoms with E-state index in [1.54, 1.807) is 18.0 Å². The number of H-pyrrole nitrogens is 1. The van der Waals surface area contributed by atoms with Crippen LogP contribution in [0.25, 0.3) is 0 Å². The van der Waals surface area contributed by atoms with E-state index in [0.717, 1.165) is 36.1 Å². The van der Waals surface area contributed by atoms with Gasteiger partial charge in [-0.15, -0.1) is 29.3 Å². The SMILES string of the molecule is Cl.O=C(CCc1cc2n(n1)CCNC2)NCCSc1cn[nH]n1. The Balaban J connectivity index is 0.00000192. The third-order valence-electron chi connectivity index (χ3n) is 3.40. The van der Waals surface area contributed by atoms with Crippen molar-refractivity contribution in [3.63, 3.8) is 0 Å². The number of hydrogen-bond acceptors (Lipinski definition) is 6. The van der Waals surface area contributed by atoms with E-state index in [2.05, 4.69) is 37.2 Å². The highest BCUT2D eigenvalue weighted by Crippen LogP contribution is 2.11. The molecule has 0 fully saturated rings. The minimum atomic E-state index is 0. The average Bonchev–Trinajstić information content (AvgIpc) is 3.18. The zero-order valence-electron chi connectivity index (χ0n) is 12.6. The second kappa shape index (κ2) is 8.90. The highest BCUT2D eigenvalue weighted by atomic mass is 35.5. The minimum absolute atomic E-state index is 0. The Kier molecular flexibility index (Phi) is 6.87. The normalized spacial score (nSPS) is 13.2. The maximum Gasteiger partial charge on any atom is 0.220 e. The molecule has 0 radical (unpaired) electrons. The van der Waals surface area contributed by atoms with E-state index in [1.165, 1.54) is 5.69 Å². The molecular weight excluding hydrogens is 338 g/mol. The van der Waals surface area contributed by atoms with E-state index in [1.807, 2.05) is 4.68 Å². The summed E-state index contributed by atoms with van der Waals surface area (Å²) < 4.78 is 2.03. The molecule has 0 atom stereocenters. The van der Waals surface area contributed by atoms with E-state index >= 15 is 0 Å². The minimum Gasteiger partial charge on any atom is -0.355 e. The Labute approximate surface area is 144 Å². The van der Waals surface area contributed by atoms with Crippen LogP contribution >= 0.6 is 24.2 Å². The molecule has 3 rings (SSSR count). The summed E-state index contributed by atoms with van der Waals surface area (Å²) in [4.78, 5) is 11.8.